The van der Waals surface area contributed by atoms with Crippen LogP contribution in [0.25, 0.3) is 91.5 Å². The Bertz CT molecular complexity index is 2630. The summed E-state index contributed by atoms with van der Waals surface area (Å²) in [6.07, 6.45) is 12.9. The van der Waals surface area contributed by atoms with Gasteiger partial charge in [0.1, 0.15) is 17.3 Å². The summed E-state index contributed by atoms with van der Waals surface area (Å²) in [7, 11) is 0. The highest BCUT2D eigenvalue weighted by molar-refractivity contribution is 7.80. The number of nitrogens with zero attached hydrogens (tertiary/aromatic N) is 2. The van der Waals surface area contributed by atoms with Crippen molar-refractivity contribution in [2.24, 2.45) is 0 Å². The Labute approximate surface area is 290 Å². The molecular formula is C38H24N4O3S3. The zero-order valence-electron chi connectivity index (χ0n) is 24.9. The number of fused-ring (bicyclic) bond motifs is 8. The lowest BCUT2D eigenvalue weighted by Gasteiger charge is -2.18. The van der Waals surface area contributed by atoms with Crippen LogP contribution < -0.4 is 0 Å². The topological polar surface area (TPSA) is 96.8 Å². The van der Waals surface area contributed by atoms with Gasteiger partial charge in [-0.1, -0.05) is 6.07 Å². The zero-order valence-corrected chi connectivity index (χ0v) is 27.6. The fourth-order valence-corrected chi connectivity index (χ4v) is 6.93. The SMILES string of the molecule is Sc1ccoc1-c1ccc(-c2c3nc(cc4ccc(cc5nc(cc6ccc2[nH]6)C=C5)[nH]4)C=C3)c(-c2occc2S)c1-c1occc1S. The lowest BCUT2D eigenvalue weighted by molar-refractivity contribution is 0.567. The van der Waals surface area contributed by atoms with E-state index >= 15 is 0 Å². The Morgan fingerprint density at radius 3 is 1.56 bits per heavy atom. The van der Waals surface area contributed by atoms with Crippen LogP contribution in [0.3, 0.4) is 0 Å². The van der Waals surface area contributed by atoms with Gasteiger partial charge in [0.15, 0.2) is 0 Å². The van der Waals surface area contributed by atoms with E-state index < -0.39 is 0 Å². The molecule has 0 saturated heterocycles. The van der Waals surface area contributed by atoms with Crippen molar-refractivity contribution < 1.29 is 13.3 Å². The van der Waals surface area contributed by atoms with Crippen LogP contribution in [0.5, 0.6) is 0 Å². The molecule has 0 fully saturated rings. The van der Waals surface area contributed by atoms with Crippen molar-refractivity contribution in [3.8, 4) is 45.1 Å². The van der Waals surface area contributed by atoms with Gasteiger partial charge >= 0.3 is 0 Å². The van der Waals surface area contributed by atoms with Gasteiger partial charge in [0.25, 0.3) is 0 Å². The summed E-state index contributed by atoms with van der Waals surface area (Å²) in [5, 5.41) is 0. The van der Waals surface area contributed by atoms with Gasteiger partial charge in [0, 0.05) is 44.3 Å². The Morgan fingerprint density at radius 2 is 0.958 bits per heavy atom. The molecule has 0 saturated carbocycles. The average Bonchev–Trinajstić information content (AvgIpc) is 3.92. The van der Waals surface area contributed by atoms with Gasteiger partial charge < -0.3 is 23.2 Å². The molecule has 8 heterocycles. The number of furan rings is 3. The first-order chi connectivity index (χ1) is 23.5. The lowest BCUT2D eigenvalue weighted by Crippen LogP contribution is -1.96. The van der Waals surface area contributed by atoms with Gasteiger partial charge in [0.05, 0.1) is 56.3 Å². The second-order valence-corrected chi connectivity index (χ2v) is 12.8. The smallest absolute Gasteiger partial charge is 0.148 e. The second kappa shape index (κ2) is 11.4. The van der Waals surface area contributed by atoms with E-state index in [1.807, 2.05) is 85.0 Å². The predicted octanol–water partition coefficient (Wildman–Crippen LogP) is 11.0. The molecule has 0 unspecified atom stereocenters. The highest BCUT2D eigenvalue weighted by atomic mass is 32.1. The number of nitrogens with one attached hydrogen (secondary N) is 2. The minimum absolute atomic E-state index is 0.551. The van der Waals surface area contributed by atoms with Crippen molar-refractivity contribution in [1.29, 1.82) is 0 Å². The molecule has 0 aliphatic carbocycles. The Morgan fingerprint density at radius 1 is 0.458 bits per heavy atom. The summed E-state index contributed by atoms with van der Waals surface area (Å²) in [5.74, 6) is 1.70. The Hall–Kier alpha value is -5.29. The molecule has 2 aliphatic heterocycles. The molecule has 2 aliphatic rings. The number of H-pyrrole nitrogens is 2. The number of hydrogen-bond acceptors (Lipinski definition) is 8. The number of benzene rings is 1. The van der Waals surface area contributed by atoms with Crippen LogP contribution in [-0.2, 0) is 0 Å². The van der Waals surface area contributed by atoms with Crippen molar-refractivity contribution in [3.63, 3.8) is 0 Å². The summed E-state index contributed by atoms with van der Waals surface area (Å²) < 4.78 is 18.3. The van der Waals surface area contributed by atoms with Crippen LogP contribution in [0.1, 0.15) is 22.8 Å². The predicted molar refractivity (Wildman–Crippen MR) is 199 cm³/mol. The van der Waals surface area contributed by atoms with Gasteiger partial charge in [-0.05, 0) is 96.6 Å². The molecule has 0 radical (unpaired) electrons. The number of rotatable bonds is 4. The molecule has 8 bridgehead atoms. The third kappa shape index (κ3) is 4.96. The monoisotopic (exact) mass is 680 g/mol. The van der Waals surface area contributed by atoms with E-state index in [0.29, 0.717) is 32.0 Å². The van der Waals surface area contributed by atoms with Crippen molar-refractivity contribution >= 4 is 84.3 Å². The maximum Gasteiger partial charge on any atom is 0.148 e. The first-order valence-corrected chi connectivity index (χ1v) is 16.4. The summed E-state index contributed by atoms with van der Waals surface area (Å²) >= 11 is 14.3. The normalized spacial score (nSPS) is 12.3. The molecule has 6 aromatic heterocycles. The first kappa shape index (κ1) is 28.9. The molecule has 0 spiro atoms. The van der Waals surface area contributed by atoms with E-state index in [4.69, 9.17) is 61.1 Å². The van der Waals surface area contributed by atoms with E-state index in [2.05, 4.69) is 22.1 Å². The van der Waals surface area contributed by atoms with E-state index in [1.165, 1.54) is 0 Å². The van der Waals surface area contributed by atoms with Crippen LogP contribution in [0.2, 0.25) is 0 Å². The van der Waals surface area contributed by atoms with E-state index in [9.17, 15) is 0 Å². The number of hydrogen-bond donors (Lipinski definition) is 5. The van der Waals surface area contributed by atoms with Crippen molar-refractivity contribution in [2.75, 3.05) is 0 Å². The fourth-order valence-electron chi connectivity index (χ4n) is 6.25. The summed E-state index contributed by atoms with van der Waals surface area (Å²) in [4.78, 5) is 19.0. The lowest BCUT2D eigenvalue weighted by atomic mass is 9.87. The van der Waals surface area contributed by atoms with E-state index in [0.717, 1.165) is 72.7 Å². The third-order valence-corrected chi connectivity index (χ3v) is 9.38. The molecule has 0 atom stereocenters. The van der Waals surface area contributed by atoms with Gasteiger partial charge in [-0.15, -0.1) is 37.9 Å². The molecule has 0 amide bonds. The summed E-state index contributed by atoms with van der Waals surface area (Å²) in [6, 6.07) is 23.7. The molecule has 7 nitrogen and oxygen atoms in total. The van der Waals surface area contributed by atoms with Gasteiger partial charge in [-0.25, -0.2) is 9.97 Å². The van der Waals surface area contributed by atoms with Crippen LogP contribution in [0.15, 0.2) is 120 Å². The van der Waals surface area contributed by atoms with Crippen LogP contribution in [0, 0.1) is 0 Å². The Kier molecular flexibility index (Phi) is 6.89. The molecule has 48 heavy (non-hydrogen) atoms. The molecule has 1 aromatic carbocycles. The molecule has 7 aromatic rings. The van der Waals surface area contributed by atoms with Gasteiger partial charge in [-0.3, -0.25) is 0 Å². The highest BCUT2D eigenvalue weighted by Gasteiger charge is 2.28. The zero-order chi connectivity index (χ0) is 32.4. The summed E-state index contributed by atoms with van der Waals surface area (Å²) in [6.45, 7) is 0. The average molecular weight is 681 g/mol. The van der Waals surface area contributed by atoms with Crippen molar-refractivity contribution in [1.82, 2.24) is 19.9 Å². The molecule has 10 heteroatoms. The molecule has 9 rings (SSSR count). The van der Waals surface area contributed by atoms with Gasteiger partial charge in [0.2, 0.25) is 0 Å². The standard InChI is InChI=1S/C38H24N4O3S3/c46-30-11-14-43-36(30)27-8-7-26(34(37-31(47)12-15-44-37)35(27)38-32(48)13-16-45-38)33-28-9-5-24(41-28)18-22-3-1-20(39-22)17-21-2-4-23(40-21)19-25-6-10-29(33)42-25/h1-19,39,42,46-48H. The Balaban J connectivity index is 1.44. The number of thiol groups is 3. The van der Waals surface area contributed by atoms with Crippen LogP contribution in [-0.4, -0.2) is 19.9 Å². The third-order valence-electron chi connectivity index (χ3n) is 8.33. The van der Waals surface area contributed by atoms with E-state index in [1.54, 1.807) is 18.8 Å². The van der Waals surface area contributed by atoms with Crippen molar-refractivity contribution in [2.45, 2.75) is 14.7 Å². The van der Waals surface area contributed by atoms with Gasteiger partial charge in [-0.2, -0.15) is 0 Å². The highest BCUT2D eigenvalue weighted by Crippen LogP contribution is 2.50. The first-order valence-electron chi connectivity index (χ1n) is 15.0. The minimum atomic E-state index is 0.551. The maximum absolute atomic E-state index is 6.20. The summed E-state index contributed by atoms with van der Waals surface area (Å²) in [5.41, 5.74) is 10.8. The van der Waals surface area contributed by atoms with E-state index in [-0.39, 0.29) is 0 Å². The van der Waals surface area contributed by atoms with Crippen molar-refractivity contribution in [3.05, 3.63) is 114 Å². The molecular weight excluding hydrogens is 657 g/mol. The molecule has 2 N–H and O–H groups in total. The number of aromatic nitrogens is 4. The minimum Gasteiger partial charge on any atom is -0.463 e. The second-order valence-electron chi connectivity index (χ2n) is 11.4. The maximum atomic E-state index is 6.20. The van der Waals surface area contributed by atoms with Crippen LogP contribution >= 0.6 is 37.9 Å². The largest absolute Gasteiger partial charge is 0.463 e. The number of aromatic amines is 2. The van der Waals surface area contributed by atoms with Crippen LogP contribution in [0.4, 0.5) is 0 Å². The molecule has 232 valence electrons. The quantitative estimate of drug-likeness (QED) is 0.119. The fraction of sp³-hybridized carbons (Fsp3) is 0.